The Kier molecular flexibility index (Phi) is 4.11. The van der Waals surface area contributed by atoms with Crippen molar-refractivity contribution >= 4 is 11.7 Å². The van der Waals surface area contributed by atoms with E-state index in [2.05, 4.69) is 10.4 Å². The molecule has 3 N–H and O–H groups in total. The van der Waals surface area contributed by atoms with Gasteiger partial charge in [0.05, 0.1) is 0 Å². The second-order valence-corrected chi connectivity index (χ2v) is 3.74. The molecule has 0 aromatic carbocycles. The summed E-state index contributed by atoms with van der Waals surface area (Å²) < 4.78 is 36.8. The minimum Gasteiger partial charge on any atom is -0.327 e. The van der Waals surface area contributed by atoms with Crippen LogP contribution in [0.5, 0.6) is 0 Å². The van der Waals surface area contributed by atoms with Crippen LogP contribution >= 0.6 is 0 Å². The second-order valence-electron chi connectivity index (χ2n) is 3.74. The first kappa shape index (κ1) is 13.5. The Morgan fingerprint density at radius 3 is 2.82 bits per heavy atom. The third-order valence-corrected chi connectivity index (χ3v) is 1.76. The first-order valence-corrected chi connectivity index (χ1v) is 4.92. The summed E-state index contributed by atoms with van der Waals surface area (Å²) in [5.74, 6) is -0.294. The lowest BCUT2D eigenvalue weighted by Crippen LogP contribution is -2.24. The van der Waals surface area contributed by atoms with E-state index in [4.69, 9.17) is 5.73 Å². The summed E-state index contributed by atoms with van der Waals surface area (Å²) in [5.41, 5.74) is 5.40. The molecule has 1 aromatic heterocycles. The molecule has 17 heavy (non-hydrogen) atoms. The van der Waals surface area contributed by atoms with Crippen molar-refractivity contribution in [2.24, 2.45) is 5.73 Å². The zero-order chi connectivity index (χ0) is 13.1. The van der Waals surface area contributed by atoms with Gasteiger partial charge in [0.1, 0.15) is 6.54 Å². The highest BCUT2D eigenvalue weighted by Gasteiger charge is 2.28. The van der Waals surface area contributed by atoms with Gasteiger partial charge in [-0.3, -0.25) is 9.48 Å². The molecule has 1 unspecified atom stereocenters. The first-order valence-electron chi connectivity index (χ1n) is 4.92. The van der Waals surface area contributed by atoms with E-state index >= 15 is 0 Å². The third kappa shape index (κ3) is 5.34. The molecule has 0 bridgehead atoms. The van der Waals surface area contributed by atoms with Crippen LogP contribution in [0, 0.1) is 0 Å². The molecular formula is C9H13F3N4O. The molecule has 96 valence electrons. The number of rotatable bonds is 4. The van der Waals surface area contributed by atoms with Crippen LogP contribution in [0.1, 0.15) is 13.3 Å². The minimum absolute atomic E-state index is 0.0832. The average molecular weight is 250 g/mol. The maximum atomic E-state index is 12.0. The molecule has 1 aromatic rings. The van der Waals surface area contributed by atoms with Gasteiger partial charge in [0, 0.05) is 24.7 Å². The highest BCUT2D eigenvalue weighted by atomic mass is 19.4. The highest BCUT2D eigenvalue weighted by Crippen LogP contribution is 2.17. The van der Waals surface area contributed by atoms with Crippen molar-refractivity contribution in [2.75, 3.05) is 5.32 Å². The number of nitrogens with one attached hydrogen (secondary N) is 1. The summed E-state index contributed by atoms with van der Waals surface area (Å²) in [5, 5.41) is 5.93. The summed E-state index contributed by atoms with van der Waals surface area (Å²) in [6.45, 7) is 0.470. The van der Waals surface area contributed by atoms with E-state index < -0.39 is 12.7 Å². The van der Waals surface area contributed by atoms with Crippen molar-refractivity contribution in [3.63, 3.8) is 0 Å². The minimum atomic E-state index is -4.33. The smallest absolute Gasteiger partial charge is 0.327 e. The van der Waals surface area contributed by atoms with Gasteiger partial charge in [-0.15, -0.1) is 0 Å². The van der Waals surface area contributed by atoms with Crippen molar-refractivity contribution < 1.29 is 18.0 Å². The van der Waals surface area contributed by atoms with Crippen LogP contribution in [-0.2, 0) is 11.3 Å². The molecule has 0 radical (unpaired) electrons. The number of nitrogens with two attached hydrogens (primary N) is 1. The largest absolute Gasteiger partial charge is 0.408 e. The van der Waals surface area contributed by atoms with E-state index in [1.165, 1.54) is 6.07 Å². The molecule has 0 saturated heterocycles. The maximum absolute atomic E-state index is 12.0. The Hall–Kier alpha value is -1.57. The maximum Gasteiger partial charge on any atom is 0.408 e. The number of alkyl halides is 3. The van der Waals surface area contributed by atoms with Gasteiger partial charge in [0.15, 0.2) is 5.82 Å². The Labute approximate surface area is 95.8 Å². The number of halogens is 3. The first-order chi connectivity index (χ1) is 7.76. The van der Waals surface area contributed by atoms with Crippen molar-refractivity contribution in [1.82, 2.24) is 9.78 Å². The van der Waals surface area contributed by atoms with Crippen molar-refractivity contribution in [1.29, 1.82) is 0 Å². The van der Waals surface area contributed by atoms with Gasteiger partial charge < -0.3 is 11.1 Å². The van der Waals surface area contributed by atoms with Crippen LogP contribution in [0.3, 0.4) is 0 Å². The average Bonchev–Trinajstić information content (AvgIpc) is 2.46. The molecular weight excluding hydrogens is 237 g/mol. The van der Waals surface area contributed by atoms with Gasteiger partial charge in [-0.05, 0) is 6.92 Å². The van der Waals surface area contributed by atoms with E-state index in [1.54, 1.807) is 6.92 Å². The number of anilines is 1. The quantitative estimate of drug-likeness (QED) is 0.841. The van der Waals surface area contributed by atoms with E-state index in [0.29, 0.717) is 4.68 Å². The lowest BCUT2D eigenvalue weighted by Gasteiger charge is -2.06. The van der Waals surface area contributed by atoms with E-state index in [9.17, 15) is 18.0 Å². The fourth-order valence-electron chi connectivity index (χ4n) is 1.19. The molecule has 8 heteroatoms. The zero-order valence-electron chi connectivity index (χ0n) is 9.16. The lowest BCUT2D eigenvalue weighted by molar-refractivity contribution is -0.142. The van der Waals surface area contributed by atoms with Crippen LogP contribution in [0.15, 0.2) is 12.3 Å². The zero-order valence-corrected chi connectivity index (χ0v) is 9.16. The fraction of sp³-hybridized carbons (Fsp3) is 0.556. The van der Waals surface area contributed by atoms with E-state index in [-0.39, 0.29) is 24.2 Å². The normalized spacial score (nSPS) is 13.5. The number of carbonyl (C=O) groups excluding carboxylic acids is 1. The molecule has 0 aliphatic rings. The van der Waals surface area contributed by atoms with Crippen LogP contribution in [0.25, 0.3) is 0 Å². The van der Waals surface area contributed by atoms with E-state index in [1.807, 2.05) is 0 Å². The van der Waals surface area contributed by atoms with Crippen molar-refractivity contribution in [3.05, 3.63) is 12.3 Å². The molecule has 0 aliphatic heterocycles. The van der Waals surface area contributed by atoms with Crippen LogP contribution in [0.4, 0.5) is 19.0 Å². The highest BCUT2D eigenvalue weighted by molar-refractivity contribution is 5.90. The monoisotopic (exact) mass is 250 g/mol. The molecule has 0 spiro atoms. The molecule has 0 saturated carbocycles. The van der Waals surface area contributed by atoms with Gasteiger partial charge in [-0.25, -0.2) is 0 Å². The Balaban J connectivity index is 2.54. The molecule has 1 rings (SSSR count). The Morgan fingerprint density at radius 1 is 1.65 bits per heavy atom. The van der Waals surface area contributed by atoms with E-state index in [0.717, 1.165) is 6.20 Å². The predicted molar refractivity (Wildman–Crippen MR) is 55.2 cm³/mol. The summed E-state index contributed by atoms with van der Waals surface area (Å²) in [7, 11) is 0. The van der Waals surface area contributed by atoms with Crippen LogP contribution in [0.2, 0.25) is 0 Å². The predicted octanol–water partition coefficient (Wildman–Crippen LogP) is 1.12. The van der Waals surface area contributed by atoms with Gasteiger partial charge in [0.2, 0.25) is 5.91 Å². The van der Waals surface area contributed by atoms with Gasteiger partial charge >= 0.3 is 6.18 Å². The SMILES string of the molecule is CC(N)CC(=O)Nc1ccn(CC(F)(F)F)n1. The molecule has 1 atom stereocenters. The number of nitrogens with zero attached hydrogens (tertiary/aromatic N) is 2. The lowest BCUT2D eigenvalue weighted by atomic mass is 10.2. The fourth-order valence-corrected chi connectivity index (χ4v) is 1.19. The summed E-state index contributed by atoms with van der Waals surface area (Å²) in [6.07, 6.45) is -3.10. The topological polar surface area (TPSA) is 72.9 Å². The number of hydrogen-bond acceptors (Lipinski definition) is 3. The van der Waals surface area contributed by atoms with Gasteiger partial charge in [-0.2, -0.15) is 18.3 Å². The van der Waals surface area contributed by atoms with Crippen molar-refractivity contribution in [3.8, 4) is 0 Å². The molecule has 1 amide bonds. The molecule has 5 nitrogen and oxygen atoms in total. The summed E-state index contributed by atoms with van der Waals surface area (Å²) in [6, 6.07) is 0.984. The number of carbonyl (C=O) groups is 1. The van der Waals surface area contributed by atoms with Gasteiger partial charge in [0.25, 0.3) is 0 Å². The number of aromatic nitrogens is 2. The van der Waals surface area contributed by atoms with Crippen LogP contribution in [-0.4, -0.2) is 27.9 Å². The van der Waals surface area contributed by atoms with Crippen molar-refractivity contribution in [2.45, 2.75) is 32.1 Å². The van der Waals surface area contributed by atoms with Gasteiger partial charge in [-0.1, -0.05) is 0 Å². The Morgan fingerprint density at radius 2 is 2.29 bits per heavy atom. The molecule has 0 aliphatic carbocycles. The number of amides is 1. The van der Waals surface area contributed by atoms with Crippen LogP contribution < -0.4 is 11.1 Å². The number of hydrogen-bond donors (Lipinski definition) is 2. The molecule has 1 heterocycles. The standard InChI is InChI=1S/C9H13F3N4O/c1-6(13)4-8(17)14-7-2-3-16(15-7)5-9(10,11)12/h2-3,6H,4-5,13H2,1H3,(H,14,15,17). The second kappa shape index (κ2) is 5.17. The Bertz CT molecular complexity index is 386. The molecule has 0 fully saturated rings. The third-order valence-electron chi connectivity index (χ3n) is 1.76. The summed E-state index contributed by atoms with van der Waals surface area (Å²) >= 11 is 0. The summed E-state index contributed by atoms with van der Waals surface area (Å²) in [4.78, 5) is 11.3.